The van der Waals surface area contributed by atoms with Crippen LogP contribution in [0.4, 0.5) is 0 Å². The number of unbranched alkanes of at least 4 members (excludes halogenated alkanes) is 1. The van der Waals surface area contributed by atoms with Crippen LogP contribution in [0.25, 0.3) is 0 Å². The summed E-state index contributed by atoms with van der Waals surface area (Å²) in [6, 6.07) is 0.648. The van der Waals surface area contributed by atoms with Crippen molar-refractivity contribution in [1.82, 2.24) is 15.1 Å². The molecule has 1 saturated heterocycles. The van der Waals surface area contributed by atoms with Crippen molar-refractivity contribution in [2.75, 3.05) is 46.3 Å². The van der Waals surface area contributed by atoms with Crippen molar-refractivity contribution in [3.8, 4) is 0 Å². The van der Waals surface area contributed by atoms with Gasteiger partial charge >= 0.3 is 0 Å². The number of hydrogen-bond donors (Lipinski definition) is 1. The molecule has 0 aromatic heterocycles. The molecule has 1 N–H and O–H groups in total. The highest BCUT2D eigenvalue weighted by Crippen LogP contribution is 2.06. The van der Waals surface area contributed by atoms with Crippen LogP contribution < -0.4 is 5.32 Å². The van der Waals surface area contributed by atoms with E-state index in [-0.39, 0.29) is 0 Å². The average Bonchev–Trinajstić information content (AvgIpc) is 2.84. The Bertz CT molecular complexity index is 178. The van der Waals surface area contributed by atoms with E-state index in [1.54, 1.807) is 0 Å². The Morgan fingerprint density at radius 1 is 1.29 bits per heavy atom. The van der Waals surface area contributed by atoms with Crippen molar-refractivity contribution in [1.29, 1.82) is 0 Å². The molecule has 0 spiro atoms. The van der Waals surface area contributed by atoms with Gasteiger partial charge in [0.25, 0.3) is 0 Å². The lowest BCUT2D eigenvalue weighted by Crippen LogP contribution is -2.41. The van der Waals surface area contributed by atoms with Crippen LogP contribution in [-0.4, -0.2) is 62.2 Å². The zero-order valence-corrected chi connectivity index (χ0v) is 12.0. The molecule has 3 heteroatoms. The van der Waals surface area contributed by atoms with E-state index in [2.05, 4.69) is 36.0 Å². The summed E-state index contributed by atoms with van der Waals surface area (Å²) in [6.45, 7) is 11.9. The Labute approximate surface area is 108 Å². The van der Waals surface area contributed by atoms with E-state index in [1.807, 2.05) is 0 Å². The second kappa shape index (κ2) is 8.90. The molecule has 102 valence electrons. The molecule has 17 heavy (non-hydrogen) atoms. The Kier molecular flexibility index (Phi) is 7.82. The largest absolute Gasteiger partial charge is 0.315 e. The summed E-state index contributed by atoms with van der Waals surface area (Å²) >= 11 is 0. The Balaban J connectivity index is 2.02. The number of likely N-dealkylation sites (tertiary alicyclic amines) is 1. The molecule has 1 unspecified atom stereocenters. The molecule has 1 heterocycles. The van der Waals surface area contributed by atoms with Crippen molar-refractivity contribution in [3.05, 3.63) is 0 Å². The maximum Gasteiger partial charge on any atom is 0.0189 e. The summed E-state index contributed by atoms with van der Waals surface area (Å²) in [5.74, 6) is 0. The van der Waals surface area contributed by atoms with E-state index in [1.165, 1.54) is 58.4 Å². The third-order valence-corrected chi connectivity index (χ3v) is 3.87. The van der Waals surface area contributed by atoms with Crippen LogP contribution in [-0.2, 0) is 0 Å². The Morgan fingerprint density at radius 2 is 2.00 bits per heavy atom. The van der Waals surface area contributed by atoms with Gasteiger partial charge in [-0.3, -0.25) is 0 Å². The molecule has 1 fully saturated rings. The Hall–Kier alpha value is -0.120. The van der Waals surface area contributed by atoms with Crippen LogP contribution >= 0.6 is 0 Å². The Morgan fingerprint density at radius 3 is 2.65 bits per heavy atom. The molecule has 0 aliphatic carbocycles. The van der Waals surface area contributed by atoms with Crippen LogP contribution in [0.1, 0.15) is 39.5 Å². The van der Waals surface area contributed by atoms with Crippen molar-refractivity contribution in [3.63, 3.8) is 0 Å². The van der Waals surface area contributed by atoms with Crippen LogP contribution in [0.2, 0.25) is 0 Å². The van der Waals surface area contributed by atoms with Gasteiger partial charge in [0.2, 0.25) is 0 Å². The summed E-state index contributed by atoms with van der Waals surface area (Å²) in [4.78, 5) is 5.07. The maximum absolute atomic E-state index is 3.54. The summed E-state index contributed by atoms with van der Waals surface area (Å²) in [7, 11) is 2.25. The van der Waals surface area contributed by atoms with Crippen LogP contribution in [0.3, 0.4) is 0 Å². The number of likely N-dealkylation sites (N-methyl/N-ethyl adjacent to an activating group) is 1. The lowest BCUT2D eigenvalue weighted by molar-refractivity contribution is 0.211. The average molecular weight is 241 g/mol. The quantitative estimate of drug-likeness (QED) is 0.621. The number of nitrogens with zero attached hydrogens (tertiary/aromatic N) is 2. The fourth-order valence-corrected chi connectivity index (χ4v) is 2.29. The first kappa shape index (κ1) is 14.9. The van der Waals surface area contributed by atoms with Crippen molar-refractivity contribution < 1.29 is 0 Å². The highest BCUT2D eigenvalue weighted by Gasteiger charge is 2.13. The summed E-state index contributed by atoms with van der Waals surface area (Å²) < 4.78 is 0. The highest BCUT2D eigenvalue weighted by molar-refractivity contribution is 4.71. The van der Waals surface area contributed by atoms with E-state index in [0.29, 0.717) is 6.04 Å². The van der Waals surface area contributed by atoms with Gasteiger partial charge in [0.1, 0.15) is 0 Å². The van der Waals surface area contributed by atoms with Gasteiger partial charge in [-0.1, -0.05) is 13.3 Å². The minimum atomic E-state index is 0.648. The molecule has 1 atom stereocenters. The molecular weight excluding hydrogens is 210 g/mol. The normalized spacial score (nSPS) is 19.1. The lowest BCUT2D eigenvalue weighted by atomic mass is 10.2. The van der Waals surface area contributed by atoms with Gasteiger partial charge in [-0.25, -0.2) is 0 Å². The van der Waals surface area contributed by atoms with Gasteiger partial charge in [-0.05, 0) is 52.9 Å². The van der Waals surface area contributed by atoms with Gasteiger partial charge in [0.15, 0.2) is 0 Å². The van der Waals surface area contributed by atoms with Crippen LogP contribution in [0, 0.1) is 0 Å². The third-order valence-electron chi connectivity index (χ3n) is 3.87. The monoisotopic (exact) mass is 241 g/mol. The van der Waals surface area contributed by atoms with Gasteiger partial charge in [-0.15, -0.1) is 0 Å². The van der Waals surface area contributed by atoms with Crippen LogP contribution in [0.5, 0.6) is 0 Å². The van der Waals surface area contributed by atoms with Gasteiger partial charge in [-0.2, -0.15) is 0 Å². The topological polar surface area (TPSA) is 18.5 Å². The minimum absolute atomic E-state index is 0.648. The molecule has 0 aromatic rings. The standard InChI is InChI=1S/C14H31N3/c1-4-5-8-15-13-14(2)16(3)11-12-17-9-6-7-10-17/h14-15H,4-13H2,1-3H3. The van der Waals surface area contributed by atoms with Crippen molar-refractivity contribution in [2.24, 2.45) is 0 Å². The first-order valence-corrected chi connectivity index (χ1v) is 7.37. The second-order valence-electron chi connectivity index (χ2n) is 5.44. The van der Waals surface area contributed by atoms with E-state index < -0.39 is 0 Å². The summed E-state index contributed by atoms with van der Waals surface area (Å²) in [5, 5.41) is 3.54. The fourth-order valence-electron chi connectivity index (χ4n) is 2.29. The maximum atomic E-state index is 3.54. The smallest absolute Gasteiger partial charge is 0.0189 e. The predicted octanol–water partition coefficient (Wildman–Crippen LogP) is 1.79. The van der Waals surface area contributed by atoms with E-state index >= 15 is 0 Å². The van der Waals surface area contributed by atoms with Crippen molar-refractivity contribution >= 4 is 0 Å². The van der Waals surface area contributed by atoms with Gasteiger partial charge in [0, 0.05) is 25.7 Å². The summed E-state index contributed by atoms with van der Waals surface area (Å²) in [5.41, 5.74) is 0. The second-order valence-corrected chi connectivity index (χ2v) is 5.44. The summed E-state index contributed by atoms with van der Waals surface area (Å²) in [6.07, 6.45) is 5.38. The SMILES string of the molecule is CCCCNCC(C)N(C)CCN1CCCC1. The molecular formula is C14H31N3. The predicted molar refractivity (Wildman–Crippen MR) is 75.5 cm³/mol. The molecule has 0 saturated carbocycles. The molecule has 0 amide bonds. The van der Waals surface area contributed by atoms with E-state index in [4.69, 9.17) is 0 Å². The molecule has 1 rings (SSSR count). The minimum Gasteiger partial charge on any atom is -0.315 e. The molecule has 0 aromatic carbocycles. The molecule has 0 bridgehead atoms. The van der Waals surface area contributed by atoms with Crippen molar-refractivity contribution in [2.45, 2.75) is 45.6 Å². The van der Waals surface area contributed by atoms with Gasteiger partial charge < -0.3 is 15.1 Å². The molecule has 0 radical (unpaired) electrons. The first-order valence-electron chi connectivity index (χ1n) is 7.37. The number of nitrogens with one attached hydrogen (secondary N) is 1. The lowest BCUT2D eigenvalue weighted by Gasteiger charge is -2.27. The third kappa shape index (κ3) is 6.39. The highest BCUT2D eigenvalue weighted by atomic mass is 15.2. The fraction of sp³-hybridized carbons (Fsp3) is 1.00. The molecule has 1 aliphatic rings. The molecule has 1 aliphatic heterocycles. The first-order chi connectivity index (χ1) is 8.24. The zero-order valence-electron chi connectivity index (χ0n) is 12.0. The van der Waals surface area contributed by atoms with E-state index in [9.17, 15) is 0 Å². The zero-order chi connectivity index (χ0) is 12.5. The number of hydrogen-bond acceptors (Lipinski definition) is 3. The van der Waals surface area contributed by atoms with Gasteiger partial charge in [0.05, 0.1) is 0 Å². The molecule has 3 nitrogen and oxygen atoms in total. The van der Waals surface area contributed by atoms with Crippen LogP contribution in [0.15, 0.2) is 0 Å². The van der Waals surface area contributed by atoms with E-state index in [0.717, 1.165) is 6.54 Å². The number of rotatable bonds is 9.